The summed E-state index contributed by atoms with van der Waals surface area (Å²) in [5.74, 6) is -0.540. The molecular weight excluding hydrogens is 333 g/mol. The van der Waals surface area contributed by atoms with Crippen LogP contribution < -0.4 is 10.2 Å². The van der Waals surface area contributed by atoms with Crippen LogP contribution in [0.5, 0.6) is 0 Å². The first-order valence-corrected chi connectivity index (χ1v) is 8.59. The SMILES string of the molecule is CN(C)C(=O)c1cccc(NC(=O)CN2CCCc3cc(F)ccc32)c1. The number of anilines is 2. The molecule has 3 rings (SSSR count). The molecule has 136 valence electrons. The van der Waals surface area contributed by atoms with Crippen molar-refractivity contribution in [3.05, 3.63) is 59.4 Å². The lowest BCUT2D eigenvalue weighted by Crippen LogP contribution is -2.36. The van der Waals surface area contributed by atoms with Crippen molar-refractivity contribution in [2.45, 2.75) is 12.8 Å². The van der Waals surface area contributed by atoms with Crippen LogP contribution >= 0.6 is 0 Å². The van der Waals surface area contributed by atoms with Crippen molar-refractivity contribution in [2.24, 2.45) is 0 Å². The quantitative estimate of drug-likeness (QED) is 0.917. The van der Waals surface area contributed by atoms with E-state index >= 15 is 0 Å². The zero-order chi connectivity index (χ0) is 18.7. The summed E-state index contributed by atoms with van der Waals surface area (Å²) in [7, 11) is 3.37. The highest BCUT2D eigenvalue weighted by Crippen LogP contribution is 2.27. The van der Waals surface area contributed by atoms with Crippen LogP contribution in [-0.2, 0) is 11.2 Å². The summed E-state index contributed by atoms with van der Waals surface area (Å²) in [6.07, 6.45) is 1.70. The molecule has 0 radical (unpaired) electrons. The van der Waals surface area contributed by atoms with Crippen molar-refractivity contribution in [3.63, 3.8) is 0 Å². The van der Waals surface area contributed by atoms with E-state index in [4.69, 9.17) is 0 Å². The average molecular weight is 355 g/mol. The highest BCUT2D eigenvalue weighted by Gasteiger charge is 2.20. The Morgan fingerprint density at radius 2 is 2.00 bits per heavy atom. The number of amides is 2. The number of rotatable bonds is 4. The summed E-state index contributed by atoms with van der Waals surface area (Å²) in [5, 5.41) is 2.84. The van der Waals surface area contributed by atoms with Gasteiger partial charge in [0.05, 0.1) is 6.54 Å². The van der Waals surface area contributed by atoms with Gasteiger partial charge in [0.2, 0.25) is 5.91 Å². The molecule has 0 saturated heterocycles. The van der Waals surface area contributed by atoms with Crippen LogP contribution in [0.15, 0.2) is 42.5 Å². The maximum absolute atomic E-state index is 13.4. The lowest BCUT2D eigenvalue weighted by atomic mass is 10.0. The summed E-state index contributed by atoms with van der Waals surface area (Å²) in [4.78, 5) is 27.9. The highest BCUT2D eigenvalue weighted by atomic mass is 19.1. The molecule has 1 aliphatic heterocycles. The van der Waals surface area contributed by atoms with E-state index in [9.17, 15) is 14.0 Å². The van der Waals surface area contributed by atoms with Crippen LogP contribution in [0, 0.1) is 5.82 Å². The normalized spacial score (nSPS) is 13.1. The summed E-state index contributed by atoms with van der Waals surface area (Å²) >= 11 is 0. The Morgan fingerprint density at radius 3 is 2.77 bits per heavy atom. The van der Waals surface area contributed by atoms with Gasteiger partial charge >= 0.3 is 0 Å². The maximum Gasteiger partial charge on any atom is 0.253 e. The zero-order valence-corrected chi connectivity index (χ0v) is 15.0. The van der Waals surface area contributed by atoms with E-state index in [0.29, 0.717) is 11.3 Å². The smallest absolute Gasteiger partial charge is 0.253 e. The van der Waals surface area contributed by atoms with E-state index in [1.54, 1.807) is 44.4 Å². The van der Waals surface area contributed by atoms with Crippen LogP contribution in [0.4, 0.5) is 15.8 Å². The third-order valence-corrected chi connectivity index (χ3v) is 4.39. The number of nitrogens with one attached hydrogen (secondary N) is 1. The molecule has 1 aliphatic rings. The molecule has 1 N–H and O–H groups in total. The van der Waals surface area contributed by atoms with Crippen molar-refractivity contribution < 1.29 is 14.0 Å². The fourth-order valence-corrected chi connectivity index (χ4v) is 3.17. The number of benzene rings is 2. The Morgan fingerprint density at radius 1 is 1.19 bits per heavy atom. The lowest BCUT2D eigenvalue weighted by molar-refractivity contribution is -0.115. The molecule has 0 fully saturated rings. The Kier molecular flexibility index (Phi) is 5.21. The predicted molar refractivity (Wildman–Crippen MR) is 100 cm³/mol. The first-order valence-electron chi connectivity index (χ1n) is 8.59. The van der Waals surface area contributed by atoms with Gasteiger partial charge in [-0.1, -0.05) is 6.07 Å². The molecular formula is C20H22FN3O2. The van der Waals surface area contributed by atoms with Gasteiger partial charge in [-0.15, -0.1) is 0 Å². The van der Waals surface area contributed by atoms with Gasteiger partial charge in [-0.3, -0.25) is 9.59 Å². The van der Waals surface area contributed by atoms with Gasteiger partial charge in [-0.05, 0) is 54.8 Å². The summed E-state index contributed by atoms with van der Waals surface area (Å²) in [6, 6.07) is 11.6. The number of fused-ring (bicyclic) bond motifs is 1. The summed E-state index contributed by atoms with van der Waals surface area (Å²) in [6.45, 7) is 0.940. The number of hydrogen-bond acceptors (Lipinski definition) is 3. The molecule has 5 nitrogen and oxygen atoms in total. The third kappa shape index (κ3) is 4.02. The molecule has 2 aromatic carbocycles. The standard InChI is InChI=1S/C20H22FN3O2/c1-23(2)20(26)15-5-3-7-17(12-15)22-19(25)13-24-10-4-6-14-11-16(21)8-9-18(14)24/h3,5,7-9,11-12H,4,6,10,13H2,1-2H3,(H,22,25). The molecule has 0 spiro atoms. The number of nitrogens with zero attached hydrogens (tertiary/aromatic N) is 2. The molecule has 26 heavy (non-hydrogen) atoms. The van der Waals surface area contributed by atoms with E-state index in [1.807, 2.05) is 4.90 Å². The van der Waals surface area contributed by atoms with Crippen molar-refractivity contribution in [3.8, 4) is 0 Å². The van der Waals surface area contributed by atoms with Gasteiger partial charge in [0.1, 0.15) is 5.82 Å². The van der Waals surface area contributed by atoms with Gasteiger partial charge in [-0.25, -0.2) is 4.39 Å². The van der Waals surface area contributed by atoms with Crippen molar-refractivity contribution in [2.75, 3.05) is 37.4 Å². The fourth-order valence-electron chi connectivity index (χ4n) is 3.17. The van der Waals surface area contributed by atoms with Gasteiger partial charge < -0.3 is 15.1 Å². The fraction of sp³-hybridized carbons (Fsp3) is 0.300. The second-order valence-electron chi connectivity index (χ2n) is 6.63. The van der Waals surface area contributed by atoms with E-state index in [0.717, 1.165) is 30.6 Å². The molecule has 0 aliphatic carbocycles. The van der Waals surface area contributed by atoms with E-state index in [2.05, 4.69) is 5.32 Å². The minimum absolute atomic E-state index is 0.118. The van der Waals surface area contributed by atoms with Crippen LogP contribution in [-0.4, -0.2) is 43.9 Å². The second kappa shape index (κ2) is 7.56. The largest absolute Gasteiger partial charge is 0.362 e. The summed E-state index contributed by atoms with van der Waals surface area (Å²) in [5.41, 5.74) is 2.94. The van der Waals surface area contributed by atoms with Gasteiger partial charge in [0.15, 0.2) is 0 Å². The molecule has 6 heteroatoms. The Labute approximate surface area is 152 Å². The van der Waals surface area contributed by atoms with E-state index < -0.39 is 0 Å². The van der Waals surface area contributed by atoms with E-state index in [1.165, 1.54) is 17.0 Å². The molecule has 0 saturated carbocycles. The first kappa shape index (κ1) is 17.9. The lowest BCUT2D eigenvalue weighted by Gasteiger charge is -2.30. The van der Waals surface area contributed by atoms with Crippen LogP contribution in [0.25, 0.3) is 0 Å². The first-order chi connectivity index (χ1) is 12.4. The van der Waals surface area contributed by atoms with E-state index in [-0.39, 0.29) is 24.2 Å². The number of halogens is 1. The summed E-state index contributed by atoms with van der Waals surface area (Å²) < 4.78 is 13.4. The Hall–Kier alpha value is -2.89. The van der Waals surface area contributed by atoms with Gasteiger partial charge in [0.25, 0.3) is 5.91 Å². The molecule has 2 aromatic rings. The number of hydrogen-bond donors (Lipinski definition) is 1. The number of carbonyl (C=O) groups is 2. The van der Waals surface area contributed by atoms with Crippen molar-refractivity contribution >= 4 is 23.2 Å². The third-order valence-electron chi connectivity index (χ3n) is 4.39. The topological polar surface area (TPSA) is 52.7 Å². The van der Waals surface area contributed by atoms with Crippen LogP contribution in [0.3, 0.4) is 0 Å². The Balaban J connectivity index is 1.69. The predicted octanol–water partition coefficient (Wildman–Crippen LogP) is 2.92. The molecule has 1 heterocycles. The molecule has 0 bridgehead atoms. The number of carbonyl (C=O) groups excluding carboxylic acids is 2. The minimum atomic E-state index is -0.252. The molecule has 0 atom stereocenters. The molecule has 0 unspecified atom stereocenters. The maximum atomic E-state index is 13.4. The molecule has 0 aromatic heterocycles. The van der Waals surface area contributed by atoms with Crippen LogP contribution in [0.1, 0.15) is 22.3 Å². The van der Waals surface area contributed by atoms with Gasteiger partial charge in [0, 0.05) is 37.6 Å². The average Bonchev–Trinajstić information content (AvgIpc) is 2.61. The molecule has 2 amide bonds. The zero-order valence-electron chi connectivity index (χ0n) is 15.0. The van der Waals surface area contributed by atoms with Crippen LogP contribution in [0.2, 0.25) is 0 Å². The number of aryl methyl sites for hydroxylation is 1. The Bertz CT molecular complexity index is 836. The monoisotopic (exact) mass is 355 g/mol. The van der Waals surface area contributed by atoms with Crippen molar-refractivity contribution in [1.29, 1.82) is 0 Å². The minimum Gasteiger partial charge on any atom is -0.362 e. The van der Waals surface area contributed by atoms with Crippen molar-refractivity contribution in [1.82, 2.24) is 4.90 Å². The van der Waals surface area contributed by atoms with Gasteiger partial charge in [-0.2, -0.15) is 0 Å². The second-order valence-corrected chi connectivity index (χ2v) is 6.63. The highest BCUT2D eigenvalue weighted by molar-refractivity contribution is 5.98.